The summed E-state index contributed by atoms with van der Waals surface area (Å²) in [5.74, 6) is 1.29. The Morgan fingerprint density at radius 1 is 1.00 bits per heavy atom. The molecule has 0 saturated heterocycles. The smallest absolute Gasteiger partial charge is 0.264 e. The second kappa shape index (κ2) is 9.02. The second-order valence-corrected chi connectivity index (χ2v) is 9.38. The number of benzene rings is 3. The Balaban J connectivity index is 1.71. The number of hydrogen-bond acceptors (Lipinski definition) is 4. The predicted octanol–water partition coefficient (Wildman–Crippen LogP) is 3.03. The minimum Gasteiger partial charge on any atom is -0.495 e. The average Bonchev–Trinajstić information content (AvgIpc) is 3.13. The molecule has 4 aromatic rings. The molecular weight excluding hydrogens is 426 g/mol. The number of methoxy groups -OCH3 is 1. The number of sulfonamides is 1. The van der Waals surface area contributed by atoms with Crippen molar-refractivity contribution in [1.82, 2.24) is 4.98 Å². The van der Waals surface area contributed by atoms with Gasteiger partial charge in [-0.05, 0) is 36.4 Å². The van der Waals surface area contributed by atoms with E-state index in [0.29, 0.717) is 11.4 Å². The molecule has 2 N–H and O–H groups in total. The Labute approximate surface area is 187 Å². The summed E-state index contributed by atoms with van der Waals surface area (Å²) in [6.45, 7) is 2.01. The maximum Gasteiger partial charge on any atom is 0.264 e. The molecule has 0 fully saturated rings. The van der Waals surface area contributed by atoms with Crippen molar-refractivity contribution in [3.8, 4) is 5.75 Å². The van der Waals surface area contributed by atoms with Crippen LogP contribution in [0.1, 0.15) is 5.82 Å². The van der Waals surface area contributed by atoms with Gasteiger partial charge in [0.05, 0.1) is 24.2 Å². The molecule has 1 aromatic heterocycles. The summed E-state index contributed by atoms with van der Waals surface area (Å²) in [7, 11) is -2.44. The van der Waals surface area contributed by atoms with E-state index in [1.165, 1.54) is 11.4 Å². The highest BCUT2D eigenvalue weighted by Crippen LogP contribution is 2.32. The molecule has 166 valence electrons. The Morgan fingerprint density at radius 3 is 2.41 bits per heavy atom. The third-order valence-electron chi connectivity index (χ3n) is 5.37. The molecule has 7 nitrogen and oxygen atoms in total. The number of fused-ring (bicyclic) bond motifs is 1. The van der Waals surface area contributed by atoms with Crippen molar-refractivity contribution in [3.05, 3.63) is 84.7 Å². The number of ether oxygens (including phenoxy) is 1. The SMILES string of the molecule is COc1ccccc1N(CC(O)C[n+]1c(C)[nH]c2ccccc21)S(=O)(=O)c1ccccc1. The Bertz CT molecular complexity index is 1320. The Kier molecular flexibility index (Phi) is 6.16. The lowest BCUT2D eigenvalue weighted by Crippen LogP contribution is -2.47. The maximum atomic E-state index is 13.6. The third kappa shape index (κ3) is 4.19. The number of aryl methyl sites for hydroxylation is 1. The zero-order chi connectivity index (χ0) is 22.7. The zero-order valence-corrected chi connectivity index (χ0v) is 18.8. The minimum atomic E-state index is -3.94. The summed E-state index contributed by atoms with van der Waals surface area (Å²) in [5.41, 5.74) is 2.27. The number of nitrogens with one attached hydrogen (secondary N) is 1. The molecule has 0 saturated carbocycles. The van der Waals surface area contributed by atoms with E-state index in [-0.39, 0.29) is 18.0 Å². The van der Waals surface area contributed by atoms with Gasteiger partial charge < -0.3 is 9.84 Å². The van der Waals surface area contributed by atoms with E-state index >= 15 is 0 Å². The molecule has 0 amide bonds. The van der Waals surface area contributed by atoms with E-state index in [1.54, 1.807) is 54.6 Å². The van der Waals surface area contributed by atoms with Gasteiger partial charge >= 0.3 is 0 Å². The minimum absolute atomic E-state index is 0.135. The van der Waals surface area contributed by atoms with Crippen LogP contribution < -0.4 is 13.6 Å². The molecule has 32 heavy (non-hydrogen) atoms. The fraction of sp³-hybridized carbons (Fsp3) is 0.208. The van der Waals surface area contributed by atoms with E-state index < -0.39 is 16.1 Å². The van der Waals surface area contributed by atoms with E-state index in [9.17, 15) is 13.5 Å². The summed E-state index contributed by atoms with van der Waals surface area (Å²) in [4.78, 5) is 3.44. The van der Waals surface area contributed by atoms with Crippen LogP contribution in [0.15, 0.2) is 83.8 Å². The van der Waals surface area contributed by atoms with E-state index in [1.807, 2.05) is 35.8 Å². The monoisotopic (exact) mass is 452 g/mol. The molecule has 0 spiro atoms. The van der Waals surface area contributed by atoms with Crippen LogP contribution in [0.5, 0.6) is 5.75 Å². The van der Waals surface area contributed by atoms with Crippen LogP contribution in [0.4, 0.5) is 5.69 Å². The molecule has 0 radical (unpaired) electrons. The van der Waals surface area contributed by atoms with Crippen LogP contribution in [0, 0.1) is 6.92 Å². The fourth-order valence-electron chi connectivity index (χ4n) is 3.83. The summed E-state index contributed by atoms with van der Waals surface area (Å²) in [6.07, 6.45) is -0.971. The van der Waals surface area contributed by atoms with Gasteiger partial charge in [-0.2, -0.15) is 0 Å². The lowest BCUT2D eigenvalue weighted by Gasteiger charge is -2.27. The van der Waals surface area contributed by atoms with Crippen LogP contribution in [-0.4, -0.2) is 38.3 Å². The number of aromatic nitrogens is 2. The van der Waals surface area contributed by atoms with Gasteiger partial charge in [0.1, 0.15) is 18.4 Å². The summed E-state index contributed by atoms with van der Waals surface area (Å²) >= 11 is 0. The molecule has 1 atom stereocenters. The fourth-order valence-corrected chi connectivity index (χ4v) is 5.37. The summed E-state index contributed by atoms with van der Waals surface area (Å²) < 4.78 is 35.7. The van der Waals surface area contributed by atoms with Crippen molar-refractivity contribution in [1.29, 1.82) is 0 Å². The molecule has 0 aliphatic carbocycles. The van der Waals surface area contributed by atoms with Gasteiger partial charge in [0.15, 0.2) is 11.0 Å². The van der Waals surface area contributed by atoms with Crippen LogP contribution in [0.25, 0.3) is 11.0 Å². The lowest BCUT2D eigenvalue weighted by molar-refractivity contribution is -0.684. The third-order valence-corrected chi connectivity index (χ3v) is 7.16. The number of anilines is 1. The van der Waals surface area contributed by atoms with Crippen LogP contribution in [-0.2, 0) is 16.6 Å². The van der Waals surface area contributed by atoms with E-state index in [2.05, 4.69) is 4.98 Å². The van der Waals surface area contributed by atoms with Crippen LogP contribution >= 0.6 is 0 Å². The molecule has 0 aliphatic rings. The van der Waals surface area contributed by atoms with E-state index in [0.717, 1.165) is 16.9 Å². The van der Waals surface area contributed by atoms with E-state index in [4.69, 9.17) is 4.74 Å². The van der Waals surface area contributed by atoms with Crippen LogP contribution in [0.3, 0.4) is 0 Å². The molecule has 8 heteroatoms. The first kappa shape index (κ1) is 21.9. The number of imidazole rings is 1. The summed E-state index contributed by atoms with van der Waals surface area (Å²) in [5, 5.41) is 11.0. The first-order valence-corrected chi connectivity index (χ1v) is 11.7. The van der Waals surface area contributed by atoms with Crippen molar-refractivity contribution >= 4 is 26.7 Å². The molecule has 0 bridgehead atoms. The number of nitrogens with zero attached hydrogens (tertiary/aromatic N) is 2. The maximum absolute atomic E-state index is 13.6. The molecule has 0 aliphatic heterocycles. The molecular formula is C24H26N3O4S+. The zero-order valence-electron chi connectivity index (χ0n) is 18.0. The van der Waals surface area contributed by atoms with Gasteiger partial charge in [-0.3, -0.25) is 4.31 Å². The summed E-state index contributed by atoms with van der Waals surface area (Å²) in [6, 6.07) is 22.9. The topological polar surface area (TPSA) is 86.5 Å². The van der Waals surface area contributed by atoms with Gasteiger partial charge in [0.25, 0.3) is 15.8 Å². The van der Waals surface area contributed by atoms with Gasteiger partial charge in [0.2, 0.25) is 0 Å². The highest BCUT2D eigenvalue weighted by molar-refractivity contribution is 7.92. The first-order chi connectivity index (χ1) is 15.4. The quantitative estimate of drug-likeness (QED) is 0.403. The first-order valence-electron chi connectivity index (χ1n) is 10.3. The highest BCUT2D eigenvalue weighted by atomic mass is 32.2. The predicted molar refractivity (Wildman–Crippen MR) is 123 cm³/mol. The Hall–Kier alpha value is -3.36. The number of H-pyrrole nitrogens is 1. The second-order valence-electron chi connectivity index (χ2n) is 7.51. The molecule has 3 aromatic carbocycles. The number of hydrogen-bond donors (Lipinski definition) is 2. The molecule has 4 rings (SSSR count). The number of aliphatic hydroxyl groups excluding tert-OH is 1. The van der Waals surface area contributed by atoms with Crippen molar-refractivity contribution in [3.63, 3.8) is 0 Å². The molecule has 1 heterocycles. The number of para-hydroxylation sites is 4. The number of aromatic amines is 1. The Morgan fingerprint density at radius 2 is 1.66 bits per heavy atom. The van der Waals surface area contributed by atoms with Crippen LogP contribution in [0.2, 0.25) is 0 Å². The number of rotatable bonds is 8. The average molecular weight is 453 g/mol. The van der Waals surface area contributed by atoms with Gasteiger partial charge in [0, 0.05) is 6.92 Å². The molecule has 1 unspecified atom stereocenters. The van der Waals surface area contributed by atoms with Crippen molar-refractivity contribution < 1.29 is 22.8 Å². The van der Waals surface area contributed by atoms with Crippen molar-refractivity contribution in [2.45, 2.75) is 24.5 Å². The lowest BCUT2D eigenvalue weighted by atomic mass is 10.2. The number of aliphatic hydroxyl groups is 1. The normalized spacial score (nSPS) is 12.6. The van der Waals surface area contributed by atoms with Gasteiger partial charge in [-0.15, -0.1) is 0 Å². The van der Waals surface area contributed by atoms with Gasteiger partial charge in [-0.25, -0.2) is 18.0 Å². The van der Waals surface area contributed by atoms with Crippen molar-refractivity contribution in [2.75, 3.05) is 18.0 Å². The van der Waals surface area contributed by atoms with Gasteiger partial charge in [-0.1, -0.05) is 42.5 Å². The highest BCUT2D eigenvalue weighted by Gasteiger charge is 2.30. The standard InChI is InChI=1S/C24H25N3O4S/c1-18-25-21-12-6-7-13-22(21)26(18)16-19(28)17-27(23-14-8-9-15-24(23)31-2)32(29,30)20-10-4-3-5-11-20/h3-15,19,28H,16-17H2,1-2H3/p+1. The largest absolute Gasteiger partial charge is 0.495 e. The van der Waals surface area contributed by atoms with Crippen molar-refractivity contribution in [2.24, 2.45) is 0 Å².